The third kappa shape index (κ3) is 8.69. The van der Waals surface area contributed by atoms with Crippen molar-refractivity contribution in [3.63, 3.8) is 0 Å². The summed E-state index contributed by atoms with van der Waals surface area (Å²) in [6.45, 7) is 9.34. The average Bonchev–Trinajstić information content (AvgIpc) is 2.54. The molecule has 0 aromatic carbocycles. The van der Waals surface area contributed by atoms with E-state index in [-0.39, 0.29) is 18.5 Å². The molecule has 1 aliphatic heterocycles. The lowest BCUT2D eigenvalue weighted by molar-refractivity contribution is 0.0720. The molecule has 0 bridgehead atoms. The van der Waals surface area contributed by atoms with Gasteiger partial charge in [0.1, 0.15) is 11.8 Å². The van der Waals surface area contributed by atoms with Crippen molar-refractivity contribution in [2.24, 2.45) is 10.2 Å². The number of ether oxygens (including phenoxy) is 1. The lowest BCUT2D eigenvalue weighted by Crippen LogP contribution is -2.47. The van der Waals surface area contributed by atoms with E-state index in [0.717, 1.165) is 19.6 Å². The van der Waals surface area contributed by atoms with Crippen molar-refractivity contribution >= 4 is 58.5 Å². The van der Waals surface area contributed by atoms with E-state index >= 15 is 0 Å². The molecule has 5 N–H and O–H groups in total. The second-order valence-corrected chi connectivity index (χ2v) is 5.52. The molecule has 1 heterocycles. The van der Waals surface area contributed by atoms with Crippen LogP contribution >= 0.6 is 36.8 Å². The van der Waals surface area contributed by atoms with Gasteiger partial charge in [-0.3, -0.25) is 10.9 Å². The van der Waals surface area contributed by atoms with Gasteiger partial charge in [-0.25, -0.2) is 0 Å². The minimum atomic E-state index is -0.195. The molecule has 0 radical (unpaired) electrons. The maximum atomic E-state index is 5.75. The van der Waals surface area contributed by atoms with Gasteiger partial charge in [-0.05, 0) is 45.2 Å². The molecule has 0 amide bonds. The second-order valence-electron chi connectivity index (χ2n) is 4.70. The molecule has 1 rings (SSSR count). The van der Waals surface area contributed by atoms with Gasteiger partial charge >= 0.3 is 0 Å². The predicted octanol–water partition coefficient (Wildman–Crippen LogP) is 0.0965. The van der Waals surface area contributed by atoms with Gasteiger partial charge in [-0.1, -0.05) is 0 Å². The molecule has 1 unspecified atom stereocenters. The van der Waals surface area contributed by atoms with Gasteiger partial charge in [-0.2, -0.15) is 10.2 Å². The minimum absolute atomic E-state index is 0. The van der Waals surface area contributed by atoms with Crippen LogP contribution in [0.2, 0.25) is 0 Å². The van der Waals surface area contributed by atoms with Gasteiger partial charge in [0.2, 0.25) is 0 Å². The maximum Gasteiger partial charge on any atom is 0.186 e. The number of hydrogen-bond donors (Lipinski definition) is 5. The smallest absolute Gasteiger partial charge is 0.186 e. The Morgan fingerprint density at radius 3 is 2.21 bits per heavy atom. The number of morpholine rings is 1. The first-order chi connectivity index (χ1) is 11.1. The normalized spacial score (nSPS) is 18.2. The van der Waals surface area contributed by atoms with Crippen molar-refractivity contribution in [1.82, 2.24) is 26.8 Å². The zero-order valence-electron chi connectivity index (χ0n) is 14.1. The monoisotopic (exact) mass is 395 g/mol. The summed E-state index contributed by atoms with van der Waals surface area (Å²) in [5, 5.41) is 18.8. The van der Waals surface area contributed by atoms with Crippen LogP contribution in [0, 0.1) is 0 Å². The molecule has 24 heavy (non-hydrogen) atoms. The third-order valence-corrected chi connectivity index (χ3v) is 3.35. The van der Waals surface area contributed by atoms with Crippen molar-refractivity contribution in [2.75, 3.05) is 32.8 Å². The molecule has 138 valence electrons. The topological polar surface area (TPSA) is 94.1 Å². The van der Waals surface area contributed by atoms with Gasteiger partial charge in [0.15, 0.2) is 10.2 Å². The summed E-state index contributed by atoms with van der Waals surface area (Å²) in [5.41, 5.74) is 6.95. The number of halogens is 1. The highest BCUT2D eigenvalue weighted by Gasteiger charge is 2.22. The molecular weight excluding hydrogens is 370 g/mol. The van der Waals surface area contributed by atoms with Crippen LogP contribution in [0.15, 0.2) is 10.2 Å². The largest absolute Gasteiger partial charge is 0.369 e. The summed E-state index contributed by atoms with van der Waals surface area (Å²) in [4.78, 5) is 0. The first-order valence-corrected chi connectivity index (χ1v) is 8.42. The molecule has 8 nitrogen and oxygen atoms in total. The fourth-order valence-corrected chi connectivity index (χ4v) is 2.21. The van der Waals surface area contributed by atoms with E-state index in [4.69, 9.17) is 29.2 Å². The van der Waals surface area contributed by atoms with Gasteiger partial charge in [0.05, 0.1) is 12.3 Å². The molecule has 0 spiro atoms. The minimum Gasteiger partial charge on any atom is -0.369 e. The Kier molecular flexibility index (Phi) is 12.7. The number of hydrogen-bond acceptors (Lipinski definition) is 6. The van der Waals surface area contributed by atoms with Gasteiger partial charge in [0.25, 0.3) is 0 Å². The Hall–Kier alpha value is -1.07. The van der Waals surface area contributed by atoms with Crippen LogP contribution in [0.25, 0.3) is 0 Å². The predicted molar refractivity (Wildman–Crippen MR) is 109 cm³/mol. The Morgan fingerprint density at radius 2 is 1.71 bits per heavy atom. The van der Waals surface area contributed by atoms with E-state index in [2.05, 4.69) is 37.0 Å². The van der Waals surface area contributed by atoms with Gasteiger partial charge in [0, 0.05) is 26.2 Å². The fourth-order valence-electron chi connectivity index (χ4n) is 1.83. The van der Waals surface area contributed by atoms with Crippen LogP contribution in [0.3, 0.4) is 0 Å². The molecule has 11 heteroatoms. The maximum absolute atomic E-state index is 5.75. The van der Waals surface area contributed by atoms with E-state index < -0.39 is 0 Å². The zero-order valence-corrected chi connectivity index (χ0v) is 16.6. The van der Waals surface area contributed by atoms with E-state index in [1.807, 2.05) is 20.8 Å². The highest BCUT2D eigenvalue weighted by molar-refractivity contribution is 7.80. The highest BCUT2D eigenvalue weighted by Crippen LogP contribution is 2.01. The first kappa shape index (κ1) is 22.9. The number of nitrogens with zero attached hydrogens (tertiary/aromatic N) is 2. The van der Waals surface area contributed by atoms with Crippen LogP contribution in [0.5, 0.6) is 0 Å². The highest BCUT2D eigenvalue weighted by atomic mass is 35.5. The summed E-state index contributed by atoms with van der Waals surface area (Å²) < 4.78 is 5.75. The van der Waals surface area contributed by atoms with Crippen molar-refractivity contribution < 1.29 is 4.74 Å². The Balaban J connectivity index is 0.00000529. The van der Waals surface area contributed by atoms with Gasteiger partial charge < -0.3 is 20.7 Å². The summed E-state index contributed by atoms with van der Waals surface area (Å²) in [7, 11) is 0. The Labute approximate surface area is 160 Å². The summed E-state index contributed by atoms with van der Waals surface area (Å²) in [6.07, 6.45) is -0.195. The van der Waals surface area contributed by atoms with Crippen molar-refractivity contribution in [3.8, 4) is 0 Å². The Morgan fingerprint density at radius 1 is 1.12 bits per heavy atom. The number of thiocarbonyl (C=S) groups is 2. The van der Waals surface area contributed by atoms with E-state index in [9.17, 15) is 0 Å². The molecule has 0 aromatic heterocycles. The van der Waals surface area contributed by atoms with Crippen LogP contribution in [0.4, 0.5) is 0 Å². The van der Waals surface area contributed by atoms with Crippen LogP contribution in [0.1, 0.15) is 20.8 Å². The Bertz CT molecular complexity index is 467. The number of nitrogens with one attached hydrogen (secondary N) is 5. The lowest BCUT2D eigenvalue weighted by atomic mass is 10.1. The lowest BCUT2D eigenvalue weighted by Gasteiger charge is -2.25. The zero-order chi connectivity index (χ0) is 17.1. The summed E-state index contributed by atoms with van der Waals surface area (Å²) in [5.74, 6) is 0. The number of rotatable bonds is 6. The first-order valence-electron chi connectivity index (χ1n) is 7.60. The van der Waals surface area contributed by atoms with E-state index in [0.29, 0.717) is 34.8 Å². The molecule has 1 saturated heterocycles. The standard InChI is InChI=1S/C13H25N7OS2.ClH/c1-4-15-12(22)19-17-9(3)11(10-8-14-6-7-21-10)18-20-13(23)16-5-2;/h10,14H,4-8H2,1-3H3,(H2,15,19,22)(H2,16,20,23);1H/b17-9+,18-11+;. The number of hydrazone groups is 2. The molecular formula is C13H26ClN7OS2. The van der Waals surface area contributed by atoms with Crippen molar-refractivity contribution in [1.29, 1.82) is 0 Å². The van der Waals surface area contributed by atoms with Crippen LogP contribution in [-0.2, 0) is 4.74 Å². The second kappa shape index (κ2) is 13.2. The summed E-state index contributed by atoms with van der Waals surface area (Å²) >= 11 is 10.2. The van der Waals surface area contributed by atoms with Crippen LogP contribution in [-0.4, -0.2) is 60.5 Å². The van der Waals surface area contributed by atoms with E-state index in [1.54, 1.807) is 0 Å². The average molecular weight is 396 g/mol. The third-order valence-electron chi connectivity index (χ3n) is 2.88. The molecule has 0 aliphatic carbocycles. The molecule has 1 aliphatic rings. The van der Waals surface area contributed by atoms with Crippen molar-refractivity contribution in [2.45, 2.75) is 26.9 Å². The fraction of sp³-hybridized carbons (Fsp3) is 0.692. The van der Waals surface area contributed by atoms with Gasteiger partial charge in [-0.15, -0.1) is 12.4 Å². The quantitative estimate of drug-likeness (QED) is 0.245. The van der Waals surface area contributed by atoms with E-state index in [1.165, 1.54) is 0 Å². The van der Waals surface area contributed by atoms with Crippen molar-refractivity contribution in [3.05, 3.63) is 0 Å². The SMILES string of the molecule is CCNC(=S)N/N=C(C)/C(=N\NC(=S)NCC)C1CNCCO1.Cl. The summed E-state index contributed by atoms with van der Waals surface area (Å²) in [6, 6.07) is 0. The molecule has 0 saturated carbocycles. The molecule has 0 aromatic rings. The molecule has 1 atom stereocenters. The van der Waals surface area contributed by atoms with Crippen LogP contribution < -0.4 is 26.8 Å². The molecule has 1 fully saturated rings.